The standard InChI is InChI=1S/C17H26N2O2.2C2HF3O2/c1-2-8-19(7-1)16-13-18(12-15-6-4-9-20-15)11-14-5-3-10-21-17(14)16;2*3-2(4,5)1(6)7/h4,6,9,14,16-17H,1-3,5,7-8,10-13H2;2*(H,6,7)/t14-,16+,17-;;/m0../s1. The van der Waals surface area contributed by atoms with E-state index in [9.17, 15) is 26.3 Å². The SMILES string of the molecule is O=C(O)C(F)(F)F.O=C(O)C(F)(F)F.c1coc(CN2C[C@@H]3CCCO[C@@H]3[C@H](N3CCCC3)C2)c1. The van der Waals surface area contributed by atoms with Crippen LogP contribution in [0.2, 0.25) is 0 Å². The van der Waals surface area contributed by atoms with Crippen molar-refractivity contribution in [2.24, 2.45) is 5.92 Å². The summed E-state index contributed by atoms with van der Waals surface area (Å²) >= 11 is 0. The van der Waals surface area contributed by atoms with Crippen molar-refractivity contribution >= 4 is 11.9 Å². The van der Waals surface area contributed by atoms with Gasteiger partial charge in [-0.15, -0.1) is 0 Å². The number of ether oxygens (including phenoxy) is 1. The monoisotopic (exact) mass is 518 g/mol. The maximum Gasteiger partial charge on any atom is 0.490 e. The van der Waals surface area contributed by atoms with E-state index in [-0.39, 0.29) is 0 Å². The van der Waals surface area contributed by atoms with Gasteiger partial charge in [-0.1, -0.05) is 0 Å². The number of nitrogens with zero attached hydrogens (tertiary/aromatic N) is 2. The number of aliphatic carboxylic acids is 2. The molecule has 3 saturated heterocycles. The maximum absolute atomic E-state index is 10.6. The third-order valence-electron chi connectivity index (χ3n) is 5.87. The molecule has 0 spiro atoms. The van der Waals surface area contributed by atoms with Gasteiger partial charge in [0.1, 0.15) is 5.76 Å². The second kappa shape index (κ2) is 12.6. The highest BCUT2D eigenvalue weighted by atomic mass is 19.4. The number of hydrogen-bond donors (Lipinski definition) is 2. The Bertz CT molecular complexity index is 771. The molecule has 3 atom stereocenters. The van der Waals surface area contributed by atoms with Crippen LogP contribution in [0, 0.1) is 5.92 Å². The molecule has 2 N–H and O–H groups in total. The fourth-order valence-corrected chi connectivity index (χ4v) is 4.41. The van der Waals surface area contributed by atoms with Crippen molar-refractivity contribution in [1.82, 2.24) is 9.80 Å². The first kappa shape index (κ1) is 28.9. The van der Waals surface area contributed by atoms with Crippen LogP contribution >= 0.6 is 0 Å². The number of carboxylic acid groups (broad SMARTS) is 2. The van der Waals surface area contributed by atoms with E-state index in [0.717, 1.165) is 32.0 Å². The van der Waals surface area contributed by atoms with Gasteiger partial charge in [-0.05, 0) is 56.8 Å². The zero-order chi connectivity index (χ0) is 26.2. The average molecular weight is 518 g/mol. The highest BCUT2D eigenvalue weighted by molar-refractivity contribution is 5.73. The fourth-order valence-electron chi connectivity index (χ4n) is 4.41. The van der Waals surface area contributed by atoms with E-state index in [2.05, 4.69) is 15.9 Å². The molecule has 1 aromatic rings. The molecule has 0 radical (unpaired) electrons. The zero-order valence-corrected chi connectivity index (χ0v) is 18.7. The number of likely N-dealkylation sites (tertiary alicyclic amines) is 2. The predicted octanol–water partition coefficient (Wildman–Crippen LogP) is 3.62. The maximum atomic E-state index is 10.6. The Balaban J connectivity index is 0.000000257. The highest BCUT2D eigenvalue weighted by Gasteiger charge is 2.42. The average Bonchev–Trinajstić information content (AvgIpc) is 3.47. The van der Waals surface area contributed by atoms with Crippen LogP contribution < -0.4 is 0 Å². The van der Waals surface area contributed by atoms with Gasteiger partial charge < -0.3 is 19.4 Å². The zero-order valence-electron chi connectivity index (χ0n) is 18.7. The number of halogens is 6. The lowest BCUT2D eigenvalue weighted by Crippen LogP contribution is -2.60. The number of furan rings is 1. The van der Waals surface area contributed by atoms with E-state index in [4.69, 9.17) is 29.0 Å². The lowest BCUT2D eigenvalue weighted by atomic mass is 9.84. The molecule has 0 amide bonds. The molecular formula is C21H28F6N2O6. The molecule has 0 aromatic carbocycles. The molecule has 0 saturated carbocycles. The summed E-state index contributed by atoms with van der Waals surface area (Å²) in [6, 6.07) is 4.67. The third-order valence-corrected chi connectivity index (χ3v) is 5.87. The number of piperidine rings is 1. The van der Waals surface area contributed by atoms with E-state index in [1.807, 2.05) is 6.07 Å². The van der Waals surface area contributed by atoms with E-state index in [1.54, 1.807) is 6.26 Å². The molecule has 200 valence electrons. The van der Waals surface area contributed by atoms with E-state index in [0.29, 0.717) is 18.1 Å². The topological polar surface area (TPSA) is 103 Å². The van der Waals surface area contributed by atoms with E-state index >= 15 is 0 Å². The summed E-state index contributed by atoms with van der Waals surface area (Å²) in [7, 11) is 0. The molecule has 3 aliphatic rings. The lowest BCUT2D eigenvalue weighted by molar-refractivity contribution is -0.193. The Labute approximate surface area is 197 Å². The molecule has 3 aliphatic heterocycles. The molecule has 1 aromatic heterocycles. The van der Waals surface area contributed by atoms with Crippen molar-refractivity contribution in [3.05, 3.63) is 24.2 Å². The third kappa shape index (κ3) is 9.33. The smallest absolute Gasteiger partial charge is 0.475 e. The Hall–Kier alpha value is -2.32. The summed E-state index contributed by atoms with van der Waals surface area (Å²) in [5, 5.41) is 14.2. The first-order valence-corrected chi connectivity index (χ1v) is 11.0. The second-order valence-electron chi connectivity index (χ2n) is 8.43. The first-order valence-electron chi connectivity index (χ1n) is 11.0. The largest absolute Gasteiger partial charge is 0.490 e. The Kier molecular flexibility index (Phi) is 10.4. The minimum atomic E-state index is -5.08. The van der Waals surface area contributed by atoms with Gasteiger partial charge in [-0.3, -0.25) is 9.80 Å². The van der Waals surface area contributed by atoms with Crippen molar-refractivity contribution in [1.29, 1.82) is 0 Å². The molecule has 14 heteroatoms. The quantitative estimate of drug-likeness (QED) is 0.585. The van der Waals surface area contributed by atoms with E-state index in [1.165, 1.54) is 38.8 Å². The van der Waals surface area contributed by atoms with Gasteiger partial charge in [-0.25, -0.2) is 9.59 Å². The van der Waals surface area contributed by atoms with Crippen molar-refractivity contribution in [2.45, 2.75) is 56.7 Å². The molecule has 3 fully saturated rings. The van der Waals surface area contributed by atoms with Crippen LogP contribution in [0.3, 0.4) is 0 Å². The summed E-state index contributed by atoms with van der Waals surface area (Å²) in [5.41, 5.74) is 0. The number of alkyl halides is 6. The summed E-state index contributed by atoms with van der Waals surface area (Å²) < 4.78 is 75.2. The first-order chi connectivity index (χ1) is 16.3. The Morgan fingerprint density at radius 1 is 0.971 bits per heavy atom. The molecule has 35 heavy (non-hydrogen) atoms. The summed E-state index contributed by atoms with van der Waals surface area (Å²) in [4.78, 5) is 23.1. The molecule has 0 bridgehead atoms. The molecule has 4 heterocycles. The Morgan fingerprint density at radius 3 is 2.03 bits per heavy atom. The summed E-state index contributed by atoms with van der Waals surface area (Å²) in [6.45, 7) is 6.71. The van der Waals surface area contributed by atoms with Crippen LogP contribution in [-0.4, -0.2) is 89.2 Å². The van der Waals surface area contributed by atoms with Crippen LogP contribution in [0.15, 0.2) is 22.8 Å². The summed E-state index contributed by atoms with van der Waals surface area (Å²) in [5.74, 6) is -3.72. The van der Waals surface area contributed by atoms with Crippen molar-refractivity contribution in [2.75, 3.05) is 32.8 Å². The molecule has 8 nitrogen and oxygen atoms in total. The van der Waals surface area contributed by atoms with Gasteiger partial charge in [0.25, 0.3) is 0 Å². The minimum Gasteiger partial charge on any atom is -0.475 e. The van der Waals surface area contributed by atoms with Gasteiger partial charge in [0, 0.05) is 25.7 Å². The molecular weight excluding hydrogens is 490 g/mol. The predicted molar refractivity (Wildman–Crippen MR) is 108 cm³/mol. The highest BCUT2D eigenvalue weighted by Crippen LogP contribution is 2.33. The van der Waals surface area contributed by atoms with Crippen molar-refractivity contribution < 1.29 is 55.3 Å². The number of rotatable bonds is 3. The Morgan fingerprint density at radius 2 is 1.54 bits per heavy atom. The van der Waals surface area contributed by atoms with Gasteiger partial charge >= 0.3 is 24.3 Å². The number of hydrogen-bond acceptors (Lipinski definition) is 6. The van der Waals surface area contributed by atoms with Crippen LogP contribution in [0.1, 0.15) is 31.4 Å². The fraction of sp³-hybridized carbons (Fsp3) is 0.714. The number of carbonyl (C=O) groups is 2. The van der Waals surface area contributed by atoms with Gasteiger partial charge in [-0.2, -0.15) is 26.3 Å². The van der Waals surface area contributed by atoms with Crippen LogP contribution in [0.25, 0.3) is 0 Å². The van der Waals surface area contributed by atoms with Gasteiger partial charge in [0.15, 0.2) is 0 Å². The van der Waals surface area contributed by atoms with Crippen LogP contribution in [0.4, 0.5) is 26.3 Å². The summed E-state index contributed by atoms with van der Waals surface area (Å²) in [6.07, 6.45) is -2.67. The number of carboxylic acids is 2. The molecule has 0 aliphatic carbocycles. The molecule has 4 rings (SSSR count). The van der Waals surface area contributed by atoms with Crippen molar-refractivity contribution in [3.8, 4) is 0 Å². The van der Waals surface area contributed by atoms with Gasteiger partial charge in [0.05, 0.1) is 18.9 Å². The van der Waals surface area contributed by atoms with Crippen LogP contribution in [-0.2, 0) is 20.9 Å². The normalized spacial score (nSPS) is 25.5. The van der Waals surface area contributed by atoms with E-state index < -0.39 is 24.3 Å². The second-order valence-corrected chi connectivity index (χ2v) is 8.43. The van der Waals surface area contributed by atoms with Gasteiger partial charge in [0.2, 0.25) is 0 Å². The lowest BCUT2D eigenvalue weighted by Gasteiger charge is -2.48. The van der Waals surface area contributed by atoms with Crippen molar-refractivity contribution in [3.63, 3.8) is 0 Å². The van der Waals surface area contributed by atoms with Crippen LogP contribution in [0.5, 0.6) is 0 Å². The molecule has 0 unspecified atom stereocenters. The number of fused-ring (bicyclic) bond motifs is 1. The minimum absolute atomic E-state index is 0.463.